The van der Waals surface area contributed by atoms with Crippen molar-refractivity contribution >= 4 is 28.3 Å². The van der Waals surface area contributed by atoms with Crippen molar-refractivity contribution in [2.24, 2.45) is 5.92 Å². The van der Waals surface area contributed by atoms with Gasteiger partial charge in [-0.05, 0) is 49.7 Å². The second kappa shape index (κ2) is 8.79. The van der Waals surface area contributed by atoms with Crippen LogP contribution < -0.4 is 4.90 Å². The van der Waals surface area contributed by atoms with Crippen LogP contribution in [0, 0.1) is 11.7 Å². The fourth-order valence-corrected chi connectivity index (χ4v) is 6.44. The standard InChI is InChI=1S/C28H31FN4O2/c1-32-16-21-26-25(20-4-2-3-5-23(20)32)22(29)15-30-28(26)31-27(21)18-10-12-33(13-11-18)19-8-6-17(7-9-19)14-24(34)35/h2-5,10,15,17,19H,6-9,11-14,16H2,1H3,(H,30,31)(H,34,35)/t17-,19-. The lowest BCUT2D eigenvalue weighted by molar-refractivity contribution is -0.138. The maximum Gasteiger partial charge on any atom is 0.303 e. The lowest BCUT2D eigenvalue weighted by Crippen LogP contribution is -2.40. The normalized spacial score (nSPS) is 22.6. The molecule has 0 amide bonds. The molecule has 1 saturated carbocycles. The van der Waals surface area contributed by atoms with Crippen LogP contribution in [-0.2, 0) is 11.3 Å². The summed E-state index contributed by atoms with van der Waals surface area (Å²) in [6, 6.07) is 8.55. The number of aliphatic carboxylic acids is 1. The number of halogens is 1. The van der Waals surface area contributed by atoms with Gasteiger partial charge in [0.2, 0.25) is 0 Å². The summed E-state index contributed by atoms with van der Waals surface area (Å²) in [4.78, 5) is 23.8. The number of nitrogens with zero attached hydrogens (tertiary/aromatic N) is 3. The van der Waals surface area contributed by atoms with Crippen LogP contribution in [0.25, 0.3) is 27.7 Å². The molecule has 1 fully saturated rings. The first-order chi connectivity index (χ1) is 17.0. The number of carboxylic acids is 1. The lowest BCUT2D eigenvalue weighted by atomic mass is 9.83. The number of nitrogens with one attached hydrogen (secondary N) is 1. The number of hydrogen-bond donors (Lipinski definition) is 2. The number of carbonyl (C=O) groups is 1. The van der Waals surface area contributed by atoms with Gasteiger partial charge in [0.05, 0.1) is 6.20 Å². The van der Waals surface area contributed by atoms with Crippen LogP contribution in [0.2, 0.25) is 0 Å². The van der Waals surface area contributed by atoms with E-state index in [1.165, 1.54) is 11.8 Å². The second-order valence-corrected chi connectivity index (χ2v) is 10.3. The summed E-state index contributed by atoms with van der Waals surface area (Å²) in [6.45, 7) is 2.57. The molecule has 2 N–H and O–H groups in total. The number of anilines is 1. The minimum absolute atomic E-state index is 0.283. The van der Waals surface area contributed by atoms with E-state index < -0.39 is 5.97 Å². The van der Waals surface area contributed by atoms with Crippen LogP contribution in [0.15, 0.2) is 36.5 Å². The van der Waals surface area contributed by atoms with Crippen LogP contribution in [0.5, 0.6) is 0 Å². The molecular formula is C28H31FN4O2. The third-order valence-corrected chi connectivity index (χ3v) is 8.22. The number of fused-ring (bicyclic) bond motifs is 2. The number of para-hydroxylation sites is 1. The fraction of sp³-hybridized carbons (Fsp3) is 0.429. The lowest BCUT2D eigenvalue weighted by Gasteiger charge is -2.38. The van der Waals surface area contributed by atoms with Gasteiger partial charge in [-0.3, -0.25) is 9.69 Å². The predicted molar refractivity (Wildman–Crippen MR) is 136 cm³/mol. The third kappa shape index (κ3) is 3.92. The molecule has 3 aromatic rings. The van der Waals surface area contributed by atoms with Crippen molar-refractivity contribution in [3.63, 3.8) is 0 Å². The highest BCUT2D eigenvalue weighted by atomic mass is 19.1. The Hall–Kier alpha value is -3.19. The number of H-pyrrole nitrogens is 1. The Balaban J connectivity index is 1.29. The number of aromatic amines is 1. The molecule has 1 aliphatic carbocycles. The first kappa shape index (κ1) is 22.3. The zero-order chi connectivity index (χ0) is 24.1. The van der Waals surface area contributed by atoms with Gasteiger partial charge >= 0.3 is 5.97 Å². The van der Waals surface area contributed by atoms with Crippen molar-refractivity contribution in [1.82, 2.24) is 14.9 Å². The highest BCUT2D eigenvalue weighted by Gasteiger charge is 2.31. The average Bonchev–Trinajstić information content (AvgIpc) is 3.15. The summed E-state index contributed by atoms with van der Waals surface area (Å²) in [6.07, 6.45) is 9.05. The highest BCUT2D eigenvalue weighted by Crippen LogP contribution is 2.44. The highest BCUT2D eigenvalue weighted by molar-refractivity contribution is 6.03. The van der Waals surface area contributed by atoms with E-state index in [1.54, 1.807) is 0 Å². The van der Waals surface area contributed by atoms with Crippen LogP contribution in [0.1, 0.15) is 49.8 Å². The van der Waals surface area contributed by atoms with E-state index in [0.29, 0.717) is 30.5 Å². The molecule has 0 spiro atoms. The molecule has 4 heterocycles. The molecule has 7 heteroatoms. The molecule has 0 bridgehead atoms. The van der Waals surface area contributed by atoms with E-state index in [-0.39, 0.29) is 5.82 Å². The smallest absolute Gasteiger partial charge is 0.303 e. The van der Waals surface area contributed by atoms with Crippen molar-refractivity contribution in [1.29, 1.82) is 0 Å². The van der Waals surface area contributed by atoms with Gasteiger partial charge in [0.1, 0.15) is 11.5 Å². The molecule has 35 heavy (non-hydrogen) atoms. The van der Waals surface area contributed by atoms with Gasteiger partial charge in [0.15, 0.2) is 0 Å². The number of pyridine rings is 1. The van der Waals surface area contributed by atoms with Gasteiger partial charge in [-0.2, -0.15) is 0 Å². The molecule has 0 atom stereocenters. The maximum absolute atomic E-state index is 15.2. The van der Waals surface area contributed by atoms with Crippen molar-refractivity contribution in [2.45, 2.75) is 51.1 Å². The molecule has 2 aromatic heterocycles. The van der Waals surface area contributed by atoms with E-state index in [0.717, 1.165) is 78.7 Å². The first-order valence-corrected chi connectivity index (χ1v) is 12.6. The summed E-state index contributed by atoms with van der Waals surface area (Å²) in [5, 5.41) is 9.98. The third-order valence-electron chi connectivity index (χ3n) is 8.22. The van der Waals surface area contributed by atoms with Crippen LogP contribution in [0.3, 0.4) is 0 Å². The van der Waals surface area contributed by atoms with Gasteiger partial charge in [-0.15, -0.1) is 0 Å². The van der Waals surface area contributed by atoms with Gasteiger partial charge in [0.25, 0.3) is 0 Å². The summed E-state index contributed by atoms with van der Waals surface area (Å²) in [5.41, 5.74) is 6.81. The van der Waals surface area contributed by atoms with E-state index in [4.69, 9.17) is 5.11 Å². The predicted octanol–water partition coefficient (Wildman–Crippen LogP) is 5.44. The Kier molecular flexibility index (Phi) is 5.60. The SMILES string of the molecule is CN1Cc2c(C3=CCN([C@H]4CC[C@H](CC(=O)O)CC4)CC3)[nH]c3ncc(F)c(c23)-c2ccccc21. The largest absolute Gasteiger partial charge is 0.481 e. The second-order valence-electron chi connectivity index (χ2n) is 10.3. The molecule has 6 nitrogen and oxygen atoms in total. The Morgan fingerprint density at radius 1 is 1.23 bits per heavy atom. The summed E-state index contributed by atoms with van der Waals surface area (Å²) >= 11 is 0. The molecule has 0 saturated heterocycles. The molecular weight excluding hydrogens is 443 g/mol. The van der Waals surface area contributed by atoms with Gasteiger partial charge < -0.3 is 15.0 Å². The maximum atomic E-state index is 15.2. The van der Waals surface area contributed by atoms with Crippen LogP contribution >= 0.6 is 0 Å². The minimum atomic E-state index is -0.677. The number of carboxylic acid groups (broad SMARTS) is 1. The monoisotopic (exact) mass is 474 g/mol. The zero-order valence-corrected chi connectivity index (χ0v) is 20.1. The average molecular weight is 475 g/mol. The van der Waals surface area contributed by atoms with E-state index in [1.807, 2.05) is 18.2 Å². The van der Waals surface area contributed by atoms with Gasteiger partial charge in [-0.25, -0.2) is 9.37 Å². The van der Waals surface area contributed by atoms with Gasteiger partial charge in [0, 0.05) is 72.6 Å². The summed E-state index contributed by atoms with van der Waals surface area (Å²) in [7, 11) is 2.07. The summed E-state index contributed by atoms with van der Waals surface area (Å²) in [5.74, 6) is -0.635. The first-order valence-electron chi connectivity index (χ1n) is 12.6. The van der Waals surface area contributed by atoms with E-state index in [2.05, 4.69) is 39.0 Å². The number of aromatic nitrogens is 2. The minimum Gasteiger partial charge on any atom is -0.481 e. The van der Waals surface area contributed by atoms with Crippen molar-refractivity contribution in [3.8, 4) is 11.1 Å². The molecule has 1 aromatic carbocycles. The Morgan fingerprint density at radius 2 is 2.03 bits per heavy atom. The molecule has 0 unspecified atom stereocenters. The number of benzene rings is 1. The topological polar surface area (TPSA) is 72.5 Å². The molecule has 6 rings (SSSR count). The molecule has 3 aliphatic rings. The van der Waals surface area contributed by atoms with Crippen LogP contribution in [0.4, 0.5) is 10.1 Å². The van der Waals surface area contributed by atoms with E-state index in [9.17, 15) is 4.79 Å². The van der Waals surface area contributed by atoms with Crippen molar-refractivity contribution < 1.29 is 14.3 Å². The van der Waals surface area contributed by atoms with Crippen molar-refractivity contribution in [2.75, 3.05) is 25.0 Å². The Morgan fingerprint density at radius 3 is 2.77 bits per heavy atom. The quantitative estimate of drug-likeness (QED) is 0.527. The zero-order valence-electron chi connectivity index (χ0n) is 20.1. The molecule has 0 radical (unpaired) electrons. The van der Waals surface area contributed by atoms with Crippen LogP contribution in [-0.4, -0.2) is 52.1 Å². The number of hydrogen-bond acceptors (Lipinski definition) is 4. The van der Waals surface area contributed by atoms with Crippen molar-refractivity contribution in [3.05, 3.63) is 53.6 Å². The number of rotatable bonds is 4. The molecule has 182 valence electrons. The fourth-order valence-electron chi connectivity index (χ4n) is 6.44. The summed E-state index contributed by atoms with van der Waals surface area (Å²) < 4.78 is 15.2. The Bertz CT molecular complexity index is 1320. The Labute approximate surface area is 204 Å². The van der Waals surface area contributed by atoms with Gasteiger partial charge in [-0.1, -0.05) is 24.3 Å². The van der Waals surface area contributed by atoms with E-state index >= 15 is 4.39 Å². The molecule has 2 aliphatic heterocycles.